The predicted octanol–water partition coefficient (Wildman–Crippen LogP) is 2.69. The summed E-state index contributed by atoms with van der Waals surface area (Å²) in [6, 6.07) is 4.01. The first-order valence-electron chi connectivity index (χ1n) is 6.92. The highest BCUT2D eigenvalue weighted by Gasteiger charge is 2.21. The van der Waals surface area contributed by atoms with E-state index >= 15 is 0 Å². The van der Waals surface area contributed by atoms with E-state index in [2.05, 4.69) is 0 Å². The minimum atomic E-state index is -0.820. The Morgan fingerprint density at radius 3 is 2.85 bits per heavy atom. The van der Waals surface area contributed by atoms with Crippen molar-refractivity contribution in [3.8, 4) is 0 Å². The van der Waals surface area contributed by atoms with Crippen LogP contribution >= 0.6 is 0 Å². The molecule has 0 radical (unpaired) electrons. The monoisotopic (exact) mass is 283 g/mol. The summed E-state index contributed by atoms with van der Waals surface area (Å²) >= 11 is 0. The molecule has 110 valence electrons. The van der Waals surface area contributed by atoms with E-state index in [1.165, 1.54) is 6.07 Å². The molecular formula is C15H19F2NO2. The molecule has 0 aliphatic carbocycles. The quantitative estimate of drug-likeness (QED) is 0.903. The first kappa shape index (κ1) is 14.9. The van der Waals surface area contributed by atoms with Gasteiger partial charge in [0, 0.05) is 6.54 Å². The molecule has 5 heteroatoms. The molecule has 1 aliphatic rings. The van der Waals surface area contributed by atoms with Gasteiger partial charge in [-0.3, -0.25) is 9.69 Å². The van der Waals surface area contributed by atoms with Crippen molar-refractivity contribution in [3.05, 3.63) is 35.4 Å². The van der Waals surface area contributed by atoms with Gasteiger partial charge in [0.2, 0.25) is 0 Å². The van der Waals surface area contributed by atoms with Crippen LogP contribution in [0.15, 0.2) is 18.2 Å². The van der Waals surface area contributed by atoms with E-state index in [0.717, 1.165) is 44.0 Å². The first-order chi connectivity index (χ1) is 9.54. The largest absolute Gasteiger partial charge is 0.480 e. The van der Waals surface area contributed by atoms with E-state index in [4.69, 9.17) is 5.11 Å². The fourth-order valence-electron chi connectivity index (χ4n) is 2.79. The number of hydrogen-bond donors (Lipinski definition) is 1. The lowest BCUT2D eigenvalue weighted by Crippen LogP contribution is -2.38. The van der Waals surface area contributed by atoms with E-state index in [-0.39, 0.29) is 6.54 Å². The third-order valence-electron chi connectivity index (χ3n) is 3.79. The normalized spacial score (nSPS) is 20.0. The van der Waals surface area contributed by atoms with Crippen molar-refractivity contribution in [2.24, 2.45) is 5.92 Å². The second-order valence-corrected chi connectivity index (χ2v) is 5.42. The van der Waals surface area contributed by atoms with Gasteiger partial charge in [-0.15, -0.1) is 0 Å². The Morgan fingerprint density at radius 1 is 1.35 bits per heavy atom. The molecule has 20 heavy (non-hydrogen) atoms. The second kappa shape index (κ2) is 6.79. The van der Waals surface area contributed by atoms with Crippen LogP contribution in [0.1, 0.15) is 24.8 Å². The van der Waals surface area contributed by atoms with E-state index in [1.54, 1.807) is 6.07 Å². The molecule has 1 aromatic rings. The van der Waals surface area contributed by atoms with Crippen molar-refractivity contribution in [3.63, 3.8) is 0 Å². The summed E-state index contributed by atoms with van der Waals surface area (Å²) in [4.78, 5) is 12.7. The molecule has 0 bridgehead atoms. The van der Waals surface area contributed by atoms with Crippen LogP contribution in [0.4, 0.5) is 8.78 Å². The lowest BCUT2D eigenvalue weighted by atomic mass is 9.91. The van der Waals surface area contributed by atoms with Gasteiger partial charge < -0.3 is 5.11 Å². The SMILES string of the molecule is O=C(O)CN1CCC[C@H](CCc2ccc(F)c(F)c2)C1. The van der Waals surface area contributed by atoms with Crippen molar-refractivity contribution in [1.29, 1.82) is 0 Å². The highest BCUT2D eigenvalue weighted by Crippen LogP contribution is 2.22. The number of aliphatic carboxylic acids is 1. The van der Waals surface area contributed by atoms with Gasteiger partial charge in [-0.2, -0.15) is 0 Å². The average Bonchev–Trinajstić information content (AvgIpc) is 2.40. The average molecular weight is 283 g/mol. The van der Waals surface area contributed by atoms with Crippen LogP contribution in [0, 0.1) is 17.6 Å². The Kier molecular flexibility index (Phi) is 5.06. The van der Waals surface area contributed by atoms with Crippen LogP contribution in [-0.4, -0.2) is 35.6 Å². The third-order valence-corrected chi connectivity index (χ3v) is 3.79. The van der Waals surface area contributed by atoms with Gasteiger partial charge in [0.1, 0.15) is 0 Å². The summed E-state index contributed by atoms with van der Waals surface area (Å²) in [5.74, 6) is -2.00. The Bertz CT molecular complexity index is 479. The van der Waals surface area contributed by atoms with Gasteiger partial charge >= 0.3 is 5.97 Å². The van der Waals surface area contributed by atoms with Crippen LogP contribution in [0.2, 0.25) is 0 Å². The molecule has 1 saturated heterocycles. The molecule has 1 aromatic carbocycles. The van der Waals surface area contributed by atoms with Gasteiger partial charge in [-0.25, -0.2) is 8.78 Å². The first-order valence-corrected chi connectivity index (χ1v) is 6.92. The molecule has 1 atom stereocenters. The molecule has 3 nitrogen and oxygen atoms in total. The molecular weight excluding hydrogens is 264 g/mol. The van der Waals surface area contributed by atoms with E-state index in [1.807, 2.05) is 4.90 Å². The smallest absolute Gasteiger partial charge is 0.317 e. The maximum atomic E-state index is 13.1. The van der Waals surface area contributed by atoms with Gasteiger partial charge in [0.05, 0.1) is 6.54 Å². The number of benzene rings is 1. The molecule has 1 heterocycles. The molecule has 0 spiro atoms. The highest BCUT2D eigenvalue weighted by atomic mass is 19.2. The molecule has 0 aromatic heterocycles. The topological polar surface area (TPSA) is 40.5 Å². The Morgan fingerprint density at radius 2 is 2.15 bits per heavy atom. The fraction of sp³-hybridized carbons (Fsp3) is 0.533. The van der Waals surface area contributed by atoms with Crippen molar-refractivity contribution >= 4 is 5.97 Å². The van der Waals surface area contributed by atoms with Gasteiger partial charge in [0.25, 0.3) is 0 Å². The molecule has 0 amide bonds. The summed E-state index contributed by atoms with van der Waals surface area (Å²) in [7, 11) is 0. The van der Waals surface area contributed by atoms with Crippen LogP contribution in [0.3, 0.4) is 0 Å². The summed E-state index contributed by atoms with van der Waals surface area (Å²) < 4.78 is 25.9. The molecule has 0 unspecified atom stereocenters. The van der Waals surface area contributed by atoms with Crippen LogP contribution in [-0.2, 0) is 11.2 Å². The van der Waals surface area contributed by atoms with E-state index in [0.29, 0.717) is 12.3 Å². The zero-order valence-electron chi connectivity index (χ0n) is 11.3. The Labute approximate surface area is 117 Å². The molecule has 1 aliphatic heterocycles. The summed E-state index contributed by atoms with van der Waals surface area (Å²) in [6.45, 7) is 1.69. The van der Waals surface area contributed by atoms with Gasteiger partial charge in [-0.05, 0) is 55.8 Å². The number of carboxylic acid groups (broad SMARTS) is 1. The van der Waals surface area contributed by atoms with Crippen molar-refractivity contribution in [1.82, 2.24) is 4.90 Å². The number of halogens is 2. The van der Waals surface area contributed by atoms with Crippen molar-refractivity contribution < 1.29 is 18.7 Å². The van der Waals surface area contributed by atoms with Crippen LogP contribution in [0.5, 0.6) is 0 Å². The predicted molar refractivity (Wildman–Crippen MR) is 71.5 cm³/mol. The summed E-state index contributed by atoms with van der Waals surface area (Å²) in [5, 5.41) is 8.80. The number of aryl methyl sites for hydroxylation is 1. The minimum absolute atomic E-state index is 0.0850. The Hall–Kier alpha value is -1.49. The zero-order valence-corrected chi connectivity index (χ0v) is 11.3. The van der Waals surface area contributed by atoms with Crippen molar-refractivity contribution in [2.45, 2.75) is 25.7 Å². The maximum absolute atomic E-state index is 13.1. The number of likely N-dealkylation sites (tertiary alicyclic amines) is 1. The van der Waals surface area contributed by atoms with Gasteiger partial charge in [0.15, 0.2) is 11.6 Å². The van der Waals surface area contributed by atoms with E-state index < -0.39 is 17.6 Å². The molecule has 2 rings (SSSR count). The lowest BCUT2D eigenvalue weighted by Gasteiger charge is -2.31. The number of hydrogen-bond acceptors (Lipinski definition) is 2. The molecule has 0 saturated carbocycles. The number of nitrogens with zero attached hydrogens (tertiary/aromatic N) is 1. The molecule has 1 fully saturated rings. The molecule has 1 N–H and O–H groups in total. The fourth-order valence-corrected chi connectivity index (χ4v) is 2.79. The highest BCUT2D eigenvalue weighted by molar-refractivity contribution is 5.69. The number of piperidine rings is 1. The summed E-state index contributed by atoms with van der Waals surface area (Å²) in [5.41, 5.74) is 0.791. The number of carbonyl (C=O) groups is 1. The van der Waals surface area contributed by atoms with Crippen LogP contribution in [0.25, 0.3) is 0 Å². The van der Waals surface area contributed by atoms with Crippen LogP contribution < -0.4 is 0 Å². The number of rotatable bonds is 5. The zero-order chi connectivity index (χ0) is 14.5. The van der Waals surface area contributed by atoms with Crippen molar-refractivity contribution in [2.75, 3.05) is 19.6 Å². The second-order valence-electron chi connectivity index (χ2n) is 5.42. The third kappa shape index (κ3) is 4.27. The Balaban J connectivity index is 1.83. The maximum Gasteiger partial charge on any atom is 0.317 e. The van der Waals surface area contributed by atoms with E-state index in [9.17, 15) is 13.6 Å². The minimum Gasteiger partial charge on any atom is -0.480 e. The number of carboxylic acids is 1. The van der Waals surface area contributed by atoms with Gasteiger partial charge in [-0.1, -0.05) is 6.07 Å². The lowest BCUT2D eigenvalue weighted by molar-refractivity contribution is -0.138. The summed E-state index contributed by atoms with van der Waals surface area (Å²) in [6.07, 6.45) is 3.64. The standard InChI is InChI=1S/C15H19F2NO2/c16-13-6-5-11(8-14(13)17)3-4-12-2-1-7-18(9-12)10-15(19)20/h5-6,8,12H,1-4,7,9-10H2,(H,19,20)/t12-/m1/s1.